The summed E-state index contributed by atoms with van der Waals surface area (Å²) in [5.41, 5.74) is 1.11. The minimum Gasteiger partial charge on any atom is -0.790 e. The van der Waals surface area contributed by atoms with Crippen LogP contribution in [0.1, 0.15) is 47.2 Å². The number of rotatable bonds is 8. The molecule has 0 radical (unpaired) electrons. The molecule has 0 saturated carbocycles. The van der Waals surface area contributed by atoms with Gasteiger partial charge in [0.05, 0.1) is 58.5 Å². The standard InChI is InChI=1S/C18H18F2NO6P.C18H17F2NO3.2Na/c19-14-5-1-12(2-6-14)16-21-17(13-3-7-15(20)8-4-13)26-10-18(21,9-25-16)11-27-28(22,23)24;19-14-5-1-12(2-6-14)16-21-17(13-3-7-15(20)8-4-13)24-11-18(21,9-22)10-23-16;;/h1-8,16-17H,9-11H2,(H2,22,23,24);1-8,16-17,22H,9-11H2;;/q;;2*+1/p-2. The first-order valence-electron chi connectivity index (χ1n) is 16.2. The maximum Gasteiger partial charge on any atom is 1.00 e. The largest absolute Gasteiger partial charge is 1.00 e. The first-order valence-corrected chi connectivity index (χ1v) is 17.7. The molecule has 4 fully saturated rings. The molecule has 18 heteroatoms. The molecular formula is C36H33F4N2Na2O9P. The Bertz CT molecular complexity index is 1780. The summed E-state index contributed by atoms with van der Waals surface area (Å²) >= 11 is 0. The summed E-state index contributed by atoms with van der Waals surface area (Å²) < 4.78 is 92.1. The Hall–Kier alpha value is -1.57. The van der Waals surface area contributed by atoms with Crippen molar-refractivity contribution in [2.45, 2.75) is 36.0 Å². The quantitative estimate of drug-likeness (QED) is 0.125. The van der Waals surface area contributed by atoms with Crippen molar-refractivity contribution in [2.24, 2.45) is 0 Å². The van der Waals surface area contributed by atoms with Crippen molar-refractivity contribution in [2.75, 3.05) is 39.6 Å². The van der Waals surface area contributed by atoms with E-state index in [1.807, 2.05) is 4.90 Å². The van der Waals surface area contributed by atoms with Gasteiger partial charge in [-0.15, -0.1) is 0 Å². The van der Waals surface area contributed by atoms with E-state index >= 15 is 0 Å². The Morgan fingerprint density at radius 2 is 0.833 bits per heavy atom. The number of hydrogen-bond acceptors (Lipinski definition) is 11. The predicted molar refractivity (Wildman–Crippen MR) is 170 cm³/mol. The molecule has 4 aromatic rings. The number of fused-ring (bicyclic) bond motifs is 2. The monoisotopic (exact) mass is 790 g/mol. The fourth-order valence-corrected chi connectivity index (χ4v) is 7.35. The zero-order valence-electron chi connectivity index (χ0n) is 29.4. The van der Waals surface area contributed by atoms with Gasteiger partial charge < -0.3 is 42.9 Å². The van der Waals surface area contributed by atoms with Gasteiger partial charge in [-0.3, -0.25) is 0 Å². The first-order chi connectivity index (χ1) is 24.9. The van der Waals surface area contributed by atoms with Gasteiger partial charge in [0, 0.05) is 0 Å². The zero-order valence-corrected chi connectivity index (χ0v) is 34.3. The number of phosphoric ester groups is 1. The summed E-state index contributed by atoms with van der Waals surface area (Å²) in [6.07, 6.45) is -2.32. The minimum atomic E-state index is -5.21. The van der Waals surface area contributed by atoms with Crippen molar-refractivity contribution < 1.29 is 120 Å². The number of phosphoric acid groups is 1. The van der Waals surface area contributed by atoms with E-state index < -0.39 is 62.1 Å². The summed E-state index contributed by atoms with van der Waals surface area (Å²) in [6, 6.07) is 23.4. The molecule has 8 rings (SSSR count). The molecule has 0 aliphatic carbocycles. The molecule has 0 bridgehead atoms. The predicted octanol–water partition coefficient (Wildman–Crippen LogP) is -1.63. The van der Waals surface area contributed by atoms with Crippen LogP contribution in [0.25, 0.3) is 0 Å². The molecule has 0 spiro atoms. The molecule has 54 heavy (non-hydrogen) atoms. The molecule has 4 aliphatic rings. The van der Waals surface area contributed by atoms with E-state index in [0.29, 0.717) is 24.3 Å². The molecule has 4 aliphatic heterocycles. The van der Waals surface area contributed by atoms with E-state index in [1.54, 1.807) is 53.4 Å². The van der Waals surface area contributed by atoms with Gasteiger partial charge in [-0.1, -0.05) is 48.5 Å². The van der Waals surface area contributed by atoms with Crippen LogP contribution in [0.15, 0.2) is 97.1 Å². The average Bonchev–Trinajstić information content (AvgIpc) is 3.89. The maximum absolute atomic E-state index is 13.3. The molecule has 276 valence electrons. The summed E-state index contributed by atoms with van der Waals surface area (Å²) in [4.78, 5) is 25.7. The van der Waals surface area contributed by atoms with Gasteiger partial charge in [0.2, 0.25) is 0 Å². The molecule has 4 aromatic carbocycles. The van der Waals surface area contributed by atoms with Crippen LogP contribution in [0, 0.1) is 23.3 Å². The molecule has 4 saturated heterocycles. The number of benzene rings is 4. The molecular weight excluding hydrogens is 757 g/mol. The molecule has 4 atom stereocenters. The van der Waals surface area contributed by atoms with E-state index in [-0.39, 0.29) is 90.6 Å². The van der Waals surface area contributed by atoms with Crippen LogP contribution in [-0.4, -0.2) is 65.6 Å². The van der Waals surface area contributed by atoms with Gasteiger partial charge in [-0.05, 0) is 70.8 Å². The van der Waals surface area contributed by atoms with Crippen LogP contribution in [-0.2, 0) is 28.0 Å². The number of ether oxygens (including phenoxy) is 4. The Kier molecular flexibility index (Phi) is 14.5. The summed E-state index contributed by atoms with van der Waals surface area (Å²) in [6.45, 7) is 0.112. The summed E-state index contributed by atoms with van der Waals surface area (Å²) in [5.74, 6) is -1.47. The van der Waals surface area contributed by atoms with Crippen LogP contribution < -0.4 is 68.9 Å². The summed E-state index contributed by atoms with van der Waals surface area (Å²) in [5, 5.41) is 9.92. The smallest absolute Gasteiger partial charge is 0.790 e. The molecule has 0 aromatic heterocycles. The SMILES string of the molecule is O=P([O-])([O-])OCC12COC(c3ccc(F)cc3)N1C(c1ccc(F)cc1)OC2.OCC12COC(c3ccc(F)cc3)N1C(c1ccc(F)cc1)OC2.[Na+].[Na+]. The van der Waals surface area contributed by atoms with Crippen molar-refractivity contribution in [1.29, 1.82) is 0 Å². The topological polar surface area (TPSA) is 136 Å². The first kappa shape index (κ1) is 43.6. The summed E-state index contributed by atoms with van der Waals surface area (Å²) in [7, 11) is -5.21. The number of halogens is 4. The van der Waals surface area contributed by atoms with Gasteiger partial charge in [0.15, 0.2) is 0 Å². The second kappa shape index (κ2) is 17.9. The van der Waals surface area contributed by atoms with Crippen molar-refractivity contribution in [3.63, 3.8) is 0 Å². The second-order valence-corrected chi connectivity index (χ2v) is 14.2. The number of hydrogen-bond donors (Lipinski definition) is 1. The van der Waals surface area contributed by atoms with E-state index in [9.17, 15) is 37.0 Å². The van der Waals surface area contributed by atoms with Crippen molar-refractivity contribution in [1.82, 2.24) is 9.80 Å². The third-order valence-corrected chi connectivity index (χ3v) is 10.00. The average molecular weight is 791 g/mol. The molecule has 4 unspecified atom stereocenters. The van der Waals surface area contributed by atoms with Gasteiger partial charge in [0.1, 0.15) is 48.2 Å². The number of aliphatic hydroxyl groups excluding tert-OH is 1. The van der Waals surface area contributed by atoms with Gasteiger partial charge in [-0.2, -0.15) is 0 Å². The van der Waals surface area contributed by atoms with Crippen molar-refractivity contribution >= 4 is 7.82 Å². The molecule has 4 heterocycles. The minimum absolute atomic E-state index is 0. The van der Waals surface area contributed by atoms with E-state index in [1.165, 1.54) is 48.5 Å². The van der Waals surface area contributed by atoms with Crippen molar-refractivity contribution in [3.8, 4) is 0 Å². The second-order valence-electron chi connectivity index (χ2n) is 13.0. The van der Waals surface area contributed by atoms with Gasteiger partial charge in [0.25, 0.3) is 0 Å². The van der Waals surface area contributed by atoms with E-state index in [2.05, 4.69) is 4.52 Å². The number of aliphatic hydroxyl groups is 1. The van der Waals surface area contributed by atoms with Gasteiger partial charge >= 0.3 is 59.1 Å². The Labute approximate surface area is 352 Å². The van der Waals surface area contributed by atoms with Crippen LogP contribution in [0.2, 0.25) is 0 Å². The maximum atomic E-state index is 13.3. The normalized spacial score (nSPS) is 27.7. The molecule has 1 N–H and O–H groups in total. The molecule has 0 amide bonds. The van der Waals surface area contributed by atoms with Crippen LogP contribution in [0.5, 0.6) is 0 Å². The van der Waals surface area contributed by atoms with Crippen molar-refractivity contribution in [3.05, 3.63) is 143 Å². The third kappa shape index (κ3) is 9.09. The van der Waals surface area contributed by atoms with Gasteiger partial charge in [-0.25, -0.2) is 27.4 Å². The third-order valence-electron chi connectivity index (χ3n) is 9.55. The Morgan fingerprint density at radius 1 is 0.574 bits per heavy atom. The number of nitrogens with zero attached hydrogens (tertiary/aromatic N) is 2. The Balaban J connectivity index is 0.000000202. The fourth-order valence-electron chi connectivity index (χ4n) is 6.95. The van der Waals surface area contributed by atoms with Crippen LogP contribution in [0.4, 0.5) is 17.6 Å². The van der Waals surface area contributed by atoms with Crippen LogP contribution >= 0.6 is 7.82 Å². The van der Waals surface area contributed by atoms with E-state index in [4.69, 9.17) is 18.9 Å². The fraction of sp³-hybridized carbons (Fsp3) is 0.333. The molecule has 11 nitrogen and oxygen atoms in total. The Morgan fingerprint density at radius 3 is 1.09 bits per heavy atom. The van der Waals surface area contributed by atoms with Crippen LogP contribution in [0.3, 0.4) is 0 Å². The van der Waals surface area contributed by atoms with E-state index in [0.717, 1.165) is 11.1 Å². The zero-order chi connectivity index (χ0) is 36.7.